The molecule has 5 aliphatic rings. The number of benzene rings is 1. The highest BCUT2D eigenvalue weighted by Gasteiger charge is 2.71. The number of ether oxygens (including phenoxy) is 4. The normalized spacial score (nSPS) is 41.0. The Kier molecular flexibility index (Phi) is 7.38. The summed E-state index contributed by atoms with van der Waals surface area (Å²) in [6, 6.07) is 3.77. The van der Waals surface area contributed by atoms with Crippen molar-refractivity contribution in [1.82, 2.24) is 0 Å². The second kappa shape index (κ2) is 10.5. The number of carbonyl (C=O) groups excluding carboxylic acids is 1. The second-order valence-electron chi connectivity index (χ2n) is 13.5. The van der Waals surface area contributed by atoms with Gasteiger partial charge < -0.3 is 34.3 Å². The zero-order valence-electron chi connectivity index (χ0n) is 25.2. The van der Waals surface area contributed by atoms with E-state index < -0.39 is 22.7 Å². The van der Waals surface area contributed by atoms with E-state index in [1.54, 1.807) is 27.4 Å². The summed E-state index contributed by atoms with van der Waals surface area (Å²) < 4.78 is 21.8. The number of aliphatic hydroxyl groups excluding tert-OH is 1. The van der Waals surface area contributed by atoms with Crippen molar-refractivity contribution in [3.63, 3.8) is 0 Å². The van der Waals surface area contributed by atoms with E-state index in [1.807, 2.05) is 18.3 Å². The van der Waals surface area contributed by atoms with Gasteiger partial charge in [0.2, 0.25) is 5.75 Å². The van der Waals surface area contributed by atoms with Gasteiger partial charge in [-0.15, -0.1) is 0 Å². The molecule has 3 N–H and O–H groups in total. The first-order chi connectivity index (χ1) is 20.0. The van der Waals surface area contributed by atoms with Crippen LogP contribution in [0.5, 0.6) is 17.2 Å². The van der Waals surface area contributed by atoms with E-state index >= 15 is 0 Å². The molecule has 1 aromatic rings. The average molecular weight is 584 g/mol. The summed E-state index contributed by atoms with van der Waals surface area (Å²) >= 11 is 0. The predicted molar refractivity (Wildman–Crippen MR) is 156 cm³/mol. The fourth-order valence-corrected chi connectivity index (χ4v) is 9.90. The van der Waals surface area contributed by atoms with Crippen LogP contribution < -0.4 is 14.2 Å². The Morgan fingerprint density at radius 3 is 2.33 bits per heavy atom. The zero-order valence-corrected chi connectivity index (χ0v) is 25.2. The number of hydrogen-bond acceptors (Lipinski definition) is 9. The van der Waals surface area contributed by atoms with Crippen LogP contribution in [0.4, 0.5) is 0 Å². The van der Waals surface area contributed by atoms with Crippen LogP contribution in [0.25, 0.3) is 0 Å². The van der Waals surface area contributed by atoms with E-state index in [2.05, 4.69) is 6.92 Å². The van der Waals surface area contributed by atoms with E-state index in [-0.39, 0.29) is 29.1 Å². The third kappa shape index (κ3) is 4.21. The molecule has 4 saturated carbocycles. The van der Waals surface area contributed by atoms with Gasteiger partial charge in [-0.1, -0.05) is 6.92 Å². The third-order valence-electron chi connectivity index (χ3n) is 12.0. The van der Waals surface area contributed by atoms with Crippen LogP contribution in [0.3, 0.4) is 0 Å². The van der Waals surface area contributed by atoms with Gasteiger partial charge in [0.15, 0.2) is 11.5 Å². The van der Waals surface area contributed by atoms with Crippen molar-refractivity contribution in [2.75, 3.05) is 27.9 Å². The van der Waals surface area contributed by atoms with Crippen molar-refractivity contribution in [2.45, 2.75) is 88.6 Å². The van der Waals surface area contributed by atoms with Gasteiger partial charge in [-0.05, 0) is 92.4 Å². The smallest absolute Gasteiger partial charge is 0.331 e. The molecule has 9 heteroatoms. The molecule has 8 atom stereocenters. The van der Waals surface area contributed by atoms with E-state index in [9.17, 15) is 20.1 Å². The molecule has 0 spiro atoms. The Hall–Kier alpha value is -2.62. The topological polar surface area (TPSA) is 127 Å². The minimum Gasteiger partial charge on any atom is -0.493 e. The Morgan fingerprint density at radius 2 is 1.69 bits per heavy atom. The van der Waals surface area contributed by atoms with Crippen molar-refractivity contribution in [2.24, 2.45) is 33.6 Å². The first kappa shape index (κ1) is 29.5. The van der Waals surface area contributed by atoms with Crippen LogP contribution in [0.1, 0.15) is 70.3 Å². The molecule has 6 rings (SSSR count). The molecule has 4 fully saturated rings. The van der Waals surface area contributed by atoms with Gasteiger partial charge in [0.1, 0.15) is 6.61 Å². The summed E-state index contributed by atoms with van der Waals surface area (Å²) in [5.74, 6) is 1.48. The lowest BCUT2D eigenvalue weighted by atomic mass is 9.41. The molecule has 1 aromatic carbocycles. The number of cyclic esters (lactones) is 1. The monoisotopic (exact) mass is 583 g/mol. The van der Waals surface area contributed by atoms with Gasteiger partial charge in [-0.3, -0.25) is 4.99 Å². The molecular weight excluding hydrogens is 538 g/mol. The summed E-state index contributed by atoms with van der Waals surface area (Å²) in [5, 5.41) is 35.5. The highest BCUT2D eigenvalue weighted by Crippen LogP contribution is 2.70. The zero-order chi connectivity index (χ0) is 29.9. The van der Waals surface area contributed by atoms with Crippen molar-refractivity contribution in [3.8, 4) is 17.2 Å². The van der Waals surface area contributed by atoms with Crippen LogP contribution >= 0.6 is 0 Å². The third-order valence-corrected chi connectivity index (χ3v) is 12.0. The fraction of sp³-hybridized carbons (Fsp3) is 0.697. The fourth-order valence-electron chi connectivity index (χ4n) is 9.90. The summed E-state index contributed by atoms with van der Waals surface area (Å²) in [5.41, 5.74) is -1.14. The molecule has 4 aliphatic carbocycles. The van der Waals surface area contributed by atoms with Crippen molar-refractivity contribution in [1.29, 1.82) is 0 Å². The van der Waals surface area contributed by atoms with Gasteiger partial charge >= 0.3 is 5.97 Å². The molecular formula is C33H45NO8. The maximum absolute atomic E-state index is 12.6. The van der Waals surface area contributed by atoms with Crippen LogP contribution in [0, 0.1) is 28.6 Å². The molecule has 1 aliphatic heterocycles. The van der Waals surface area contributed by atoms with Crippen LogP contribution in [0.2, 0.25) is 0 Å². The molecule has 0 unspecified atom stereocenters. The second-order valence-corrected chi connectivity index (χ2v) is 13.5. The van der Waals surface area contributed by atoms with Gasteiger partial charge in [0.25, 0.3) is 0 Å². The van der Waals surface area contributed by atoms with E-state index in [0.717, 1.165) is 30.4 Å². The van der Waals surface area contributed by atoms with Crippen molar-refractivity contribution < 1.29 is 39.1 Å². The molecule has 0 saturated heterocycles. The molecule has 0 amide bonds. The van der Waals surface area contributed by atoms with Gasteiger partial charge in [0, 0.05) is 29.5 Å². The number of methoxy groups -OCH3 is 3. The van der Waals surface area contributed by atoms with Crippen molar-refractivity contribution in [3.05, 3.63) is 29.3 Å². The molecule has 1 heterocycles. The maximum atomic E-state index is 12.6. The van der Waals surface area contributed by atoms with E-state index in [1.165, 1.54) is 0 Å². The quantitative estimate of drug-likeness (QED) is 0.325. The number of esters is 1. The highest BCUT2D eigenvalue weighted by molar-refractivity contribution is 5.85. The number of aliphatic imine (C=N–C) groups is 1. The molecule has 9 nitrogen and oxygen atoms in total. The number of aliphatic hydroxyl groups is 3. The summed E-state index contributed by atoms with van der Waals surface area (Å²) in [6.07, 6.45) is 8.92. The molecule has 0 aromatic heterocycles. The number of hydrogen-bond donors (Lipinski definition) is 3. The lowest BCUT2D eigenvalue weighted by molar-refractivity contribution is -0.237. The Labute approximate surface area is 247 Å². The Morgan fingerprint density at radius 1 is 0.976 bits per heavy atom. The molecule has 0 radical (unpaired) electrons. The van der Waals surface area contributed by atoms with Gasteiger partial charge in [-0.25, -0.2) is 4.79 Å². The highest BCUT2D eigenvalue weighted by atomic mass is 16.5. The number of rotatable bonds is 7. The first-order valence-corrected chi connectivity index (χ1v) is 15.3. The SMILES string of the molecule is COc1cc(CN=C[C@]23CC[C@@H](O)C[C@]2(O)CC[C@H]2[C@H]3CC[C@@]3(C)[C@H](C4=CC(=O)OC4)CC[C@]23O)cc(OC)c1OC. The standard InChI is InChI=1S/C33H45NO8/c1-30-9-6-24-25(33(30,38)12-8-23(30)21-15-28(36)42-18-21)7-11-32(37)16-22(35)5-10-31(24,32)19-34-17-20-13-26(39-2)29(41-4)27(14-20)40-3/h13-15,19,22-25,35,37-38H,5-12,16-18H2,1-4H3/t22-,23+,24-,25+,30+,31+,32-,33+/m1/s1. The first-order valence-electron chi connectivity index (χ1n) is 15.3. The number of fused-ring (bicyclic) bond motifs is 5. The van der Waals surface area contributed by atoms with Crippen LogP contribution in [0.15, 0.2) is 28.8 Å². The van der Waals surface area contributed by atoms with Crippen molar-refractivity contribution >= 4 is 12.2 Å². The Balaban J connectivity index is 1.34. The molecule has 42 heavy (non-hydrogen) atoms. The largest absolute Gasteiger partial charge is 0.493 e. The minimum atomic E-state index is -1.10. The molecule has 230 valence electrons. The van der Waals surface area contributed by atoms with Gasteiger partial charge in [-0.2, -0.15) is 0 Å². The summed E-state index contributed by atoms with van der Waals surface area (Å²) in [7, 11) is 4.74. The lowest BCUT2D eigenvalue weighted by Crippen LogP contribution is -2.68. The average Bonchev–Trinajstić information content (AvgIpc) is 3.51. The maximum Gasteiger partial charge on any atom is 0.331 e. The minimum absolute atomic E-state index is 0.0111. The number of nitrogens with zero attached hydrogens (tertiary/aromatic N) is 1. The van der Waals surface area contributed by atoms with Crippen LogP contribution in [-0.4, -0.2) is 72.7 Å². The lowest BCUT2D eigenvalue weighted by Gasteiger charge is -2.65. The Bertz CT molecular complexity index is 1270. The number of carbonyl (C=O) groups is 1. The predicted octanol–water partition coefficient (Wildman–Crippen LogP) is 4.00. The molecule has 0 bridgehead atoms. The summed E-state index contributed by atoms with van der Waals surface area (Å²) in [6.45, 7) is 2.88. The van der Waals surface area contributed by atoms with Gasteiger partial charge in [0.05, 0.1) is 45.2 Å². The van der Waals surface area contributed by atoms with E-state index in [0.29, 0.717) is 68.9 Å². The summed E-state index contributed by atoms with van der Waals surface area (Å²) in [4.78, 5) is 16.9. The van der Waals surface area contributed by atoms with Crippen LogP contribution in [-0.2, 0) is 16.1 Å². The van der Waals surface area contributed by atoms with E-state index in [4.69, 9.17) is 23.9 Å².